The highest BCUT2D eigenvalue weighted by molar-refractivity contribution is 5.79. The average Bonchev–Trinajstić information content (AvgIpc) is 2.25. The molecule has 82 valence electrons. The molecule has 1 saturated carbocycles. The Hall–Kier alpha value is -2.02. The van der Waals surface area contributed by atoms with E-state index in [1.165, 1.54) is 5.56 Å². The summed E-state index contributed by atoms with van der Waals surface area (Å²) in [5.74, 6) is 0.0750. The number of rotatable bonds is 2. The van der Waals surface area contributed by atoms with Gasteiger partial charge in [-0.1, -0.05) is 30.3 Å². The third kappa shape index (κ3) is 1.84. The molecule has 2 rings (SSSR count). The first-order valence-corrected chi connectivity index (χ1v) is 5.34. The van der Waals surface area contributed by atoms with Crippen LogP contribution in [0.4, 0.5) is 0 Å². The Morgan fingerprint density at radius 3 is 2.50 bits per heavy atom. The van der Waals surface area contributed by atoms with Gasteiger partial charge < -0.3 is 5.32 Å². The minimum absolute atomic E-state index is 0.0750. The number of guanidine groups is 1. The molecule has 0 unspecified atom stereocenters. The summed E-state index contributed by atoms with van der Waals surface area (Å²) in [4.78, 5) is 0. The van der Waals surface area contributed by atoms with Gasteiger partial charge in [-0.25, -0.2) is 0 Å². The highest BCUT2D eigenvalue weighted by Crippen LogP contribution is 2.40. The van der Waals surface area contributed by atoms with E-state index < -0.39 is 0 Å². The number of hydrogen-bond acceptors (Lipinski definition) is 2. The Labute approximate surface area is 94.8 Å². The molecule has 0 spiro atoms. The average molecular weight is 214 g/mol. The first-order valence-electron chi connectivity index (χ1n) is 5.34. The van der Waals surface area contributed by atoms with Crippen molar-refractivity contribution >= 4 is 5.96 Å². The molecule has 1 fully saturated rings. The molecule has 4 heteroatoms. The SMILES string of the molecule is N#CNC(=N)NC1(c2ccccc2)CCC1. The van der Waals surface area contributed by atoms with Crippen LogP contribution in [-0.4, -0.2) is 5.96 Å². The Bertz CT molecular complexity index is 414. The normalized spacial score (nSPS) is 16.7. The maximum absolute atomic E-state index is 8.45. The van der Waals surface area contributed by atoms with Crippen molar-refractivity contribution in [1.82, 2.24) is 10.6 Å². The largest absolute Gasteiger partial charge is 0.346 e. The van der Waals surface area contributed by atoms with Gasteiger partial charge in [0.1, 0.15) is 0 Å². The number of benzene rings is 1. The molecule has 3 N–H and O–H groups in total. The topological polar surface area (TPSA) is 71.7 Å². The Kier molecular flexibility index (Phi) is 2.78. The predicted molar refractivity (Wildman–Crippen MR) is 61.6 cm³/mol. The van der Waals surface area contributed by atoms with E-state index in [9.17, 15) is 0 Å². The van der Waals surface area contributed by atoms with Gasteiger partial charge in [-0.3, -0.25) is 10.7 Å². The summed E-state index contributed by atoms with van der Waals surface area (Å²) in [6.07, 6.45) is 4.92. The van der Waals surface area contributed by atoms with Gasteiger partial charge in [-0.15, -0.1) is 0 Å². The third-order valence-corrected chi connectivity index (χ3v) is 3.08. The van der Waals surface area contributed by atoms with E-state index in [4.69, 9.17) is 10.7 Å². The van der Waals surface area contributed by atoms with Crippen LogP contribution in [0.3, 0.4) is 0 Å². The molecule has 1 aromatic carbocycles. The summed E-state index contributed by atoms with van der Waals surface area (Å²) >= 11 is 0. The zero-order chi connectivity index (χ0) is 11.4. The van der Waals surface area contributed by atoms with Gasteiger partial charge in [-0.05, 0) is 24.8 Å². The number of nitrogens with one attached hydrogen (secondary N) is 3. The highest BCUT2D eigenvalue weighted by atomic mass is 15.2. The molecule has 0 bridgehead atoms. The molecule has 0 aliphatic heterocycles. The molecule has 0 atom stereocenters. The predicted octanol–water partition coefficient (Wildman–Crippen LogP) is 1.66. The second-order valence-corrected chi connectivity index (χ2v) is 4.04. The number of nitrogens with zero attached hydrogens (tertiary/aromatic N) is 1. The van der Waals surface area contributed by atoms with Crippen LogP contribution >= 0.6 is 0 Å². The molecule has 16 heavy (non-hydrogen) atoms. The van der Waals surface area contributed by atoms with Crippen LogP contribution in [0.15, 0.2) is 30.3 Å². The smallest absolute Gasteiger partial charge is 0.202 e. The van der Waals surface area contributed by atoms with Crippen LogP contribution in [0.25, 0.3) is 0 Å². The van der Waals surface area contributed by atoms with Crippen molar-refractivity contribution in [2.45, 2.75) is 24.8 Å². The second-order valence-electron chi connectivity index (χ2n) is 4.04. The van der Waals surface area contributed by atoms with Crippen molar-refractivity contribution in [3.8, 4) is 6.19 Å². The molecule has 0 saturated heterocycles. The third-order valence-electron chi connectivity index (χ3n) is 3.08. The molecular weight excluding hydrogens is 200 g/mol. The van der Waals surface area contributed by atoms with Crippen LogP contribution < -0.4 is 10.6 Å². The standard InChI is InChI=1S/C12H14N4/c13-9-15-11(14)16-12(7-4-8-12)10-5-2-1-3-6-10/h1-3,5-6H,4,7-8H2,(H3,14,15,16). The summed E-state index contributed by atoms with van der Waals surface area (Å²) in [6.45, 7) is 0. The van der Waals surface area contributed by atoms with Gasteiger partial charge in [-0.2, -0.15) is 5.26 Å². The molecule has 1 aromatic rings. The second kappa shape index (κ2) is 4.23. The summed E-state index contributed by atoms with van der Waals surface area (Å²) in [5, 5.41) is 21.5. The van der Waals surface area contributed by atoms with Crippen molar-refractivity contribution in [3.63, 3.8) is 0 Å². The van der Waals surface area contributed by atoms with E-state index in [0.29, 0.717) is 0 Å². The van der Waals surface area contributed by atoms with Gasteiger partial charge in [0.15, 0.2) is 6.19 Å². The van der Waals surface area contributed by atoms with E-state index in [1.807, 2.05) is 18.2 Å². The highest BCUT2D eigenvalue weighted by Gasteiger charge is 2.39. The number of nitriles is 1. The monoisotopic (exact) mass is 214 g/mol. The summed E-state index contributed by atoms with van der Waals surface area (Å²) < 4.78 is 0. The van der Waals surface area contributed by atoms with E-state index in [2.05, 4.69) is 22.8 Å². The van der Waals surface area contributed by atoms with Crippen LogP contribution in [0.1, 0.15) is 24.8 Å². The first-order chi connectivity index (χ1) is 7.77. The summed E-state index contributed by atoms with van der Waals surface area (Å²) in [7, 11) is 0. The van der Waals surface area contributed by atoms with Crippen LogP contribution in [0.5, 0.6) is 0 Å². The Balaban J connectivity index is 2.15. The van der Waals surface area contributed by atoms with Gasteiger partial charge in [0, 0.05) is 0 Å². The van der Waals surface area contributed by atoms with Crippen molar-refractivity contribution < 1.29 is 0 Å². The fraction of sp³-hybridized carbons (Fsp3) is 0.333. The van der Waals surface area contributed by atoms with Gasteiger partial charge >= 0.3 is 0 Å². The summed E-state index contributed by atoms with van der Waals surface area (Å²) in [6, 6.07) is 10.1. The maximum Gasteiger partial charge on any atom is 0.202 e. The lowest BCUT2D eigenvalue weighted by Gasteiger charge is -2.43. The van der Waals surface area contributed by atoms with Gasteiger partial charge in [0.2, 0.25) is 5.96 Å². The summed E-state index contributed by atoms with van der Waals surface area (Å²) in [5.41, 5.74) is 1.04. The molecular formula is C12H14N4. The number of hydrogen-bond donors (Lipinski definition) is 3. The molecule has 0 radical (unpaired) electrons. The van der Waals surface area contributed by atoms with Crippen molar-refractivity contribution in [1.29, 1.82) is 10.7 Å². The van der Waals surface area contributed by atoms with Gasteiger partial charge in [0.25, 0.3) is 0 Å². The fourth-order valence-electron chi connectivity index (χ4n) is 2.10. The van der Waals surface area contributed by atoms with Gasteiger partial charge in [0.05, 0.1) is 5.54 Å². The molecule has 1 aliphatic carbocycles. The van der Waals surface area contributed by atoms with E-state index >= 15 is 0 Å². The Morgan fingerprint density at radius 2 is 2.00 bits per heavy atom. The lowest BCUT2D eigenvalue weighted by molar-refractivity contribution is 0.218. The molecule has 1 aliphatic rings. The Morgan fingerprint density at radius 1 is 1.31 bits per heavy atom. The van der Waals surface area contributed by atoms with Crippen molar-refractivity contribution in [2.24, 2.45) is 0 Å². The van der Waals surface area contributed by atoms with E-state index in [0.717, 1.165) is 19.3 Å². The maximum atomic E-state index is 8.45. The molecule has 0 amide bonds. The molecule has 0 aromatic heterocycles. The first kappa shape index (κ1) is 10.5. The minimum Gasteiger partial charge on any atom is -0.346 e. The molecule has 4 nitrogen and oxygen atoms in total. The zero-order valence-electron chi connectivity index (χ0n) is 8.96. The van der Waals surface area contributed by atoms with E-state index in [1.54, 1.807) is 6.19 Å². The zero-order valence-corrected chi connectivity index (χ0v) is 8.96. The lowest BCUT2D eigenvalue weighted by Crippen LogP contribution is -2.53. The van der Waals surface area contributed by atoms with E-state index in [-0.39, 0.29) is 11.5 Å². The lowest BCUT2D eigenvalue weighted by atomic mass is 9.72. The minimum atomic E-state index is -0.151. The van der Waals surface area contributed by atoms with Crippen LogP contribution in [-0.2, 0) is 5.54 Å². The molecule has 0 heterocycles. The van der Waals surface area contributed by atoms with Crippen molar-refractivity contribution in [3.05, 3.63) is 35.9 Å². The quantitative estimate of drug-likeness (QED) is 0.303. The van der Waals surface area contributed by atoms with Crippen LogP contribution in [0.2, 0.25) is 0 Å². The van der Waals surface area contributed by atoms with Crippen molar-refractivity contribution in [2.75, 3.05) is 0 Å². The van der Waals surface area contributed by atoms with Crippen LogP contribution in [0, 0.1) is 16.9 Å². The fourth-order valence-corrected chi connectivity index (χ4v) is 2.10.